The smallest absolute Gasteiger partial charge is 0.475 e. The van der Waals surface area contributed by atoms with Crippen LogP contribution in [0.3, 0.4) is 0 Å². The zero-order valence-electron chi connectivity index (χ0n) is 20.0. The number of fused-ring (bicyclic) bond motifs is 1. The van der Waals surface area contributed by atoms with Crippen LogP contribution in [0.2, 0.25) is 0 Å². The van der Waals surface area contributed by atoms with Crippen LogP contribution in [0.25, 0.3) is 0 Å². The number of piperidine rings is 1. The second kappa shape index (κ2) is 13.6. The standard InChI is InChI=1S/C19H24N2O3.2C2HF3O2/c1-14-5-6-16(24-14)12-21-10-7-18(19-17(21)8-11-22-19)23-13-15-4-2-3-9-20-15;2*3-2(4,5)1(6)7/h2-6,9,17-19H,7-8,10-13H2,1H3;2*(H,6,7)/t17-,18+,19-;;/m0../s1. The molecule has 2 aromatic rings. The Morgan fingerprint density at radius 1 is 1.05 bits per heavy atom. The lowest BCUT2D eigenvalue weighted by Gasteiger charge is -2.40. The third-order valence-electron chi connectivity index (χ3n) is 5.45. The van der Waals surface area contributed by atoms with E-state index in [1.807, 2.05) is 37.4 Å². The number of carbonyl (C=O) groups is 2. The lowest BCUT2D eigenvalue weighted by molar-refractivity contribution is -0.193. The van der Waals surface area contributed by atoms with Crippen LogP contribution in [0.5, 0.6) is 0 Å². The summed E-state index contributed by atoms with van der Waals surface area (Å²) in [6.07, 6.45) is -6.02. The number of likely N-dealkylation sites (tertiary alicyclic amines) is 1. The highest BCUT2D eigenvalue weighted by Gasteiger charge is 2.43. The Kier molecular flexibility index (Phi) is 11.1. The van der Waals surface area contributed by atoms with Crippen molar-refractivity contribution in [2.45, 2.75) is 63.5 Å². The molecule has 2 fully saturated rings. The molecule has 4 heterocycles. The SMILES string of the molecule is Cc1ccc(CN2CC[C@@H](OCc3ccccn3)[C@H]3OCC[C@@H]32)o1.O=C(O)C(F)(F)F.O=C(O)C(F)(F)F. The average Bonchev–Trinajstić information content (AvgIpc) is 3.48. The van der Waals surface area contributed by atoms with Crippen molar-refractivity contribution in [3.63, 3.8) is 0 Å². The summed E-state index contributed by atoms with van der Waals surface area (Å²) in [6, 6.07) is 10.4. The zero-order chi connectivity index (χ0) is 28.5. The van der Waals surface area contributed by atoms with Gasteiger partial charge in [0.15, 0.2) is 0 Å². The summed E-state index contributed by atoms with van der Waals surface area (Å²) in [7, 11) is 0. The number of pyridine rings is 1. The van der Waals surface area contributed by atoms with Gasteiger partial charge in [-0.2, -0.15) is 26.3 Å². The molecule has 3 atom stereocenters. The molecule has 2 aliphatic rings. The van der Waals surface area contributed by atoms with Crippen LogP contribution in [0, 0.1) is 6.92 Å². The van der Waals surface area contributed by atoms with Gasteiger partial charge in [-0.3, -0.25) is 9.88 Å². The zero-order valence-corrected chi connectivity index (χ0v) is 20.0. The van der Waals surface area contributed by atoms with E-state index in [-0.39, 0.29) is 12.2 Å². The Bertz CT molecular complexity index is 1010. The van der Waals surface area contributed by atoms with Gasteiger partial charge in [-0.25, -0.2) is 9.59 Å². The topological polar surface area (TPSA) is 122 Å². The molecule has 2 aliphatic heterocycles. The first-order chi connectivity index (χ1) is 17.7. The summed E-state index contributed by atoms with van der Waals surface area (Å²) in [5.41, 5.74) is 0.973. The van der Waals surface area contributed by atoms with E-state index in [1.165, 1.54) is 0 Å². The summed E-state index contributed by atoms with van der Waals surface area (Å²) in [5, 5.41) is 14.2. The van der Waals surface area contributed by atoms with Gasteiger partial charge in [0, 0.05) is 25.4 Å². The van der Waals surface area contributed by atoms with E-state index >= 15 is 0 Å². The minimum absolute atomic E-state index is 0.147. The molecule has 0 unspecified atom stereocenters. The van der Waals surface area contributed by atoms with E-state index in [2.05, 4.69) is 16.0 Å². The highest BCUT2D eigenvalue weighted by Crippen LogP contribution is 2.32. The molecule has 4 rings (SSSR count). The van der Waals surface area contributed by atoms with Crippen molar-refractivity contribution in [1.29, 1.82) is 0 Å². The first-order valence-electron chi connectivity index (χ1n) is 11.2. The second-order valence-corrected chi connectivity index (χ2v) is 8.24. The highest BCUT2D eigenvalue weighted by molar-refractivity contribution is 5.73. The number of furan rings is 1. The minimum Gasteiger partial charge on any atom is -0.475 e. The number of rotatable bonds is 5. The van der Waals surface area contributed by atoms with E-state index in [1.54, 1.807) is 0 Å². The molecular formula is C23H26F6N2O7. The van der Waals surface area contributed by atoms with Crippen molar-refractivity contribution in [3.05, 3.63) is 53.7 Å². The van der Waals surface area contributed by atoms with Crippen LogP contribution in [0.15, 0.2) is 40.9 Å². The fourth-order valence-electron chi connectivity index (χ4n) is 3.79. The summed E-state index contributed by atoms with van der Waals surface area (Å²) < 4.78 is 81.4. The van der Waals surface area contributed by atoms with E-state index in [0.717, 1.165) is 49.8 Å². The Balaban J connectivity index is 0.000000301. The largest absolute Gasteiger partial charge is 0.490 e. The fraction of sp³-hybridized carbons (Fsp3) is 0.522. The van der Waals surface area contributed by atoms with Crippen LogP contribution < -0.4 is 0 Å². The number of hydrogen-bond donors (Lipinski definition) is 2. The molecule has 212 valence electrons. The number of hydrogen-bond acceptors (Lipinski definition) is 7. The Morgan fingerprint density at radius 2 is 1.68 bits per heavy atom. The van der Waals surface area contributed by atoms with Crippen LogP contribution in [0.1, 0.15) is 30.1 Å². The lowest BCUT2D eigenvalue weighted by Crippen LogP contribution is -2.52. The maximum absolute atomic E-state index is 10.6. The van der Waals surface area contributed by atoms with E-state index in [9.17, 15) is 26.3 Å². The highest BCUT2D eigenvalue weighted by atomic mass is 19.4. The number of aryl methyl sites for hydroxylation is 1. The van der Waals surface area contributed by atoms with Crippen LogP contribution >= 0.6 is 0 Å². The lowest BCUT2D eigenvalue weighted by atomic mass is 9.95. The predicted molar refractivity (Wildman–Crippen MR) is 117 cm³/mol. The monoisotopic (exact) mass is 556 g/mol. The van der Waals surface area contributed by atoms with Gasteiger partial charge in [0.2, 0.25) is 0 Å². The number of carboxylic acids is 2. The van der Waals surface area contributed by atoms with Crippen molar-refractivity contribution in [1.82, 2.24) is 9.88 Å². The van der Waals surface area contributed by atoms with Gasteiger partial charge in [0.25, 0.3) is 0 Å². The minimum atomic E-state index is -5.08. The maximum Gasteiger partial charge on any atom is 0.490 e. The van der Waals surface area contributed by atoms with Crippen molar-refractivity contribution in [2.24, 2.45) is 0 Å². The number of halogens is 6. The number of ether oxygens (including phenoxy) is 2. The summed E-state index contributed by atoms with van der Waals surface area (Å²) in [4.78, 5) is 24.6. The maximum atomic E-state index is 10.6. The van der Waals surface area contributed by atoms with Crippen molar-refractivity contribution >= 4 is 11.9 Å². The first-order valence-corrected chi connectivity index (χ1v) is 11.2. The molecule has 0 radical (unpaired) electrons. The van der Waals surface area contributed by atoms with Crippen molar-refractivity contribution < 1.29 is 60.0 Å². The van der Waals surface area contributed by atoms with Crippen LogP contribution in [-0.2, 0) is 32.2 Å². The average molecular weight is 556 g/mol. The van der Waals surface area contributed by atoms with Crippen molar-refractivity contribution in [2.75, 3.05) is 13.2 Å². The quantitative estimate of drug-likeness (QED) is 0.522. The number of carboxylic acid groups (broad SMARTS) is 2. The summed E-state index contributed by atoms with van der Waals surface area (Å²) >= 11 is 0. The fourth-order valence-corrected chi connectivity index (χ4v) is 3.79. The van der Waals surface area contributed by atoms with Gasteiger partial charge >= 0.3 is 24.3 Å². The Morgan fingerprint density at radius 3 is 2.18 bits per heavy atom. The molecule has 2 aromatic heterocycles. The third kappa shape index (κ3) is 9.95. The van der Waals surface area contributed by atoms with E-state index < -0.39 is 24.3 Å². The van der Waals surface area contributed by atoms with Gasteiger partial charge < -0.3 is 24.1 Å². The molecule has 38 heavy (non-hydrogen) atoms. The van der Waals surface area contributed by atoms with Gasteiger partial charge in [-0.1, -0.05) is 6.07 Å². The Hall–Kier alpha value is -3.17. The van der Waals surface area contributed by atoms with E-state index in [4.69, 9.17) is 33.7 Å². The first kappa shape index (κ1) is 31.1. The second-order valence-electron chi connectivity index (χ2n) is 8.24. The van der Waals surface area contributed by atoms with Crippen LogP contribution in [-0.4, -0.2) is 75.8 Å². The van der Waals surface area contributed by atoms with Gasteiger partial charge in [-0.05, 0) is 44.0 Å². The van der Waals surface area contributed by atoms with Gasteiger partial charge in [0.1, 0.15) is 11.5 Å². The molecule has 9 nitrogen and oxygen atoms in total. The number of alkyl halides is 6. The molecule has 2 N–H and O–H groups in total. The number of nitrogens with zero attached hydrogens (tertiary/aromatic N) is 2. The number of aliphatic carboxylic acids is 2. The molecule has 0 aliphatic carbocycles. The molecule has 2 saturated heterocycles. The normalized spacial score (nSPS) is 21.4. The van der Waals surface area contributed by atoms with E-state index in [0.29, 0.717) is 12.6 Å². The molecule has 0 aromatic carbocycles. The summed E-state index contributed by atoms with van der Waals surface area (Å²) in [6.45, 7) is 5.22. The third-order valence-corrected chi connectivity index (χ3v) is 5.45. The van der Waals surface area contributed by atoms with Gasteiger partial charge in [-0.15, -0.1) is 0 Å². The van der Waals surface area contributed by atoms with Crippen molar-refractivity contribution in [3.8, 4) is 0 Å². The van der Waals surface area contributed by atoms with Crippen LogP contribution in [0.4, 0.5) is 26.3 Å². The Labute approximate surface area is 213 Å². The molecule has 0 amide bonds. The molecule has 0 saturated carbocycles. The molecule has 0 bridgehead atoms. The van der Waals surface area contributed by atoms with Gasteiger partial charge in [0.05, 0.1) is 31.1 Å². The molecule has 0 spiro atoms. The molecular weight excluding hydrogens is 530 g/mol. The predicted octanol–water partition coefficient (Wildman–Crippen LogP) is 4.20. The molecule has 15 heteroatoms. The summed E-state index contributed by atoms with van der Waals surface area (Å²) in [5.74, 6) is -3.51. The number of aromatic nitrogens is 1.